The Morgan fingerprint density at radius 2 is 0.375 bits per heavy atom. The Bertz CT molecular complexity index is 1080. The SMILES string of the molecule is CCCCCCCCCCCCCCCCCCCCCCCCCCCCCCCCCCCCC(=O)OCC(COC(=O)CCCCCCCCCC)OC(=O)CCCCCCCCCCCCCC. The number of ether oxygens (including phenoxy) is 3. The molecule has 0 aromatic carbocycles. The molecule has 1 unspecified atom stereocenters. The number of carbonyl (C=O) groups is 3. The zero-order valence-electron chi connectivity index (χ0n) is 49.2. The van der Waals surface area contributed by atoms with E-state index in [1.165, 1.54) is 289 Å². The molecule has 0 bridgehead atoms. The zero-order chi connectivity index (χ0) is 52.2. The lowest BCUT2D eigenvalue weighted by atomic mass is 10.0. The number of hydrogen-bond donors (Lipinski definition) is 0. The molecule has 428 valence electrons. The van der Waals surface area contributed by atoms with Crippen LogP contribution in [0.3, 0.4) is 0 Å². The number of rotatable bonds is 62. The van der Waals surface area contributed by atoms with Crippen LogP contribution in [0.25, 0.3) is 0 Å². The average Bonchev–Trinajstić information content (AvgIpc) is 3.38. The van der Waals surface area contributed by atoms with Crippen LogP contribution >= 0.6 is 0 Å². The summed E-state index contributed by atoms with van der Waals surface area (Å²) in [6, 6.07) is 0. The molecule has 0 amide bonds. The molecule has 1 atom stereocenters. The van der Waals surface area contributed by atoms with E-state index in [1.54, 1.807) is 0 Å². The molecule has 0 rings (SSSR count). The molecule has 0 aliphatic heterocycles. The number of unbranched alkanes of at least 4 members (excludes halogenated alkanes) is 51. The van der Waals surface area contributed by atoms with Crippen molar-refractivity contribution in [2.45, 2.75) is 393 Å². The van der Waals surface area contributed by atoms with Gasteiger partial charge in [0.15, 0.2) is 6.10 Å². The van der Waals surface area contributed by atoms with Crippen molar-refractivity contribution in [3.63, 3.8) is 0 Å². The van der Waals surface area contributed by atoms with Gasteiger partial charge in [-0.2, -0.15) is 0 Å². The first-order valence-electron chi connectivity index (χ1n) is 33.0. The van der Waals surface area contributed by atoms with Gasteiger partial charge >= 0.3 is 17.9 Å². The van der Waals surface area contributed by atoms with E-state index in [2.05, 4.69) is 20.8 Å². The van der Waals surface area contributed by atoms with E-state index in [0.29, 0.717) is 19.3 Å². The van der Waals surface area contributed by atoms with Crippen molar-refractivity contribution in [2.75, 3.05) is 13.2 Å². The van der Waals surface area contributed by atoms with E-state index in [9.17, 15) is 14.4 Å². The second-order valence-corrected chi connectivity index (χ2v) is 22.8. The molecule has 72 heavy (non-hydrogen) atoms. The topological polar surface area (TPSA) is 78.9 Å². The molecule has 0 saturated heterocycles. The minimum atomic E-state index is -0.760. The third-order valence-corrected chi connectivity index (χ3v) is 15.4. The normalized spacial score (nSPS) is 11.9. The first-order chi connectivity index (χ1) is 35.5. The summed E-state index contributed by atoms with van der Waals surface area (Å²) in [5.41, 5.74) is 0. The van der Waals surface area contributed by atoms with Crippen molar-refractivity contribution >= 4 is 17.9 Å². The van der Waals surface area contributed by atoms with Crippen LogP contribution in [0.4, 0.5) is 0 Å². The Hall–Kier alpha value is -1.59. The molecule has 0 aromatic rings. The van der Waals surface area contributed by atoms with E-state index in [0.717, 1.165) is 57.8 Å². The highest BCUT2D eigenvalue weighted by Gasteiger charge is 2.19. The molecule has 0 aromatic heterocycles. The summed E-state index contributed by atoms with van der Waals surface area (Å²) in [4.78, 5) is 38.0. The van der Waals surface area contributed by atoms with Gasteiger partial charge in [0.25, 0.3) is 0 Å². The second-order valence-electron chi connectivity index (χ2n) is 22.8. The lowest BCUT2D eigenvalue weighted by Crippen LogP contribution is -2.30. The molecule has 0 aliphatic rings. The van der Waals surface area contributed by atoms with E-state index < -0.39 is 6.10 Å². The van der Waals surface area contributed by atoms with Crippen molar-refractivity contribution in [3.05, 3.63) is 0 Å². The largest absolute Gasteiger partial charge is 0.462 e. The number of hydrogen-bond acceptors (Lipinski definition) is 6. The minimum absolute atomic E-state index is 0.0618. The van der Waals surface area contributed by atoms with Gasteiger partial charge in [-0.1, -0.05) is 348 Å². The van der Waals surface area contributed by atoms with Crippen LogP contribution in [-0.4, -0.2) is 37.2 Å². The molecule has 6 heteroatoms. The standard InChI is InChI=1S/C66H128O6/c1-4-7-10-13-16-19-21-23-24-25-26-27-28-29-30-31-32-33-34-35-36-37-38-39-40-41-42-43-44-46-47-50-53-56-59-65(68)71-62-63(61-70-64(67)58-55-52-49-18-15-12-9-6-3)72-66(69)60-57-54-51-48-45-22-20-17-14-11-8-5-2/h63H,4-62H2,1-3H3. The third-order valence-electron chi connectivity index (χ3n) is 15.4. The molecule has 0 N–H and O–H groups in total. The molecule has 0 heterocycles. The van der Waals surface area contributed by atoms with E-state index in [4.69, 9.17) is 14.2 Å². The fourth-order valence-corrected chi connectivity index (χ4v) is 10.4. The molecule has 0 saturated carbocycles. The Morgan fingerprint density at radius 1 is 0.222 bits per heavy atom. The van der Waals surface area contributed by atoms with Gasteiger partial charge in [0.2, 0.25) is 0 Å². The van der Waals surface area contributed by atoms with Gasteiger partial charge in [0.1, 0.15) is 13.2 Å². The molecule has 0 aliphatic carbocycles. The first kappa shape index (κ1) is 70.4. The van der Waals surface area contributed by atoms with Gasteiger partial charge in [-0.3, -0.25) is 14.4 Å². The molecule has 0 spiro atoms. The van der Waals surface area contributed by atoms with Crippen molar-refractivity contribution in [3.8, 4) is 0 Å². The molecular formula is C66H128O6. The van der Waals surface area contributed by atoms with Gasteiger partial charge < -0.3 is 14.2 Å². The van der Waals surface area contributed by atoms with Crippen molar-refractivity contribution in [2.24, 2.45) is 0 Å². The van der Waals surface area contributed by atoms with E-state index in [-0.39, 0.29) is 31.1 Å². The smallest absolute Gasteiger partial charge is 0.306 e. The first-order valence-corrected chi connectivity index (χ1v) is 33.0. The van der Waals surface area contributed by atoms with Gasteiger partial charge in [-0.25, -0.2) is 0 Å². The van der Waals surface area contributed by atoms with E-state index in [1.807, 2.05) is 0 Å². The van der Waals surface area contributed by atoms with Crippen LogP contribution in [0, 0.1) is 0 Å². The number of esters is 3. The van der Waals surface area contributed by atoms with E-state index >= 15 is 0 Å². The lowest BCUT2D eigenvalue weighted by molar-refractivity contribution is -0.167. The Balaban J connectivity index is 3.87. The zero-order valence-corrected chi connectivity index (χ0v) is 49.2. The minimum Gasteiger partial charge on any atom is -0.462 e. The highest BCUT2D eigenvalue weighted by molar-refractivity contribution is 5.71. The summed E-state index contributed by atoms with van der Waals surface area (Å²) in [6.07, 6.45) is 71.7. The summed E-state index contributed by atoms with van der Waals surface area (Å²) < 4.78 is 16.8. The monoisotopic (exact) mass is 1020 g/mol. The Labute approximate surface area is 450 Å². The summed E-state index contributed by atoms with van der Waals surface area (Å²) in [7, 11) is 0. The van der Waals surface area contributed by atoms with Crippen molar-refractivity contribution in [1.82, 2.24) is 0 Å². The maximum atomic E-state index is 12.8. The summed E-state index contributed by atoms with van der Waals surface area (Å²) in [5.74, 6) is -0.840. The van der Waals surface area contributed by atoms with Crippen molar-refractivity contribution < 1.29 is 28.6 Å². The summed E-state index contributed by atoms with van der Waals surface area (Å²) in [5, 5.41) is 0. The van der Waals surface area contributed by atoms with Crippen LogP contribution in [0.5, 0.6) is 0 Å². The highest BCUT2D eigenvalue weighted by atomic mass is 16.6. The molecule has 6 nitrogen and oxygen atoms in total. The predicted octanol–water partition coefficient (Wildman–Crippen LogP) is 22.3. The lowest BCUT2D eigenvalue weighted by Gasteiger charge is -2.18. The van der Waals surface area contributed by atoms with Crippen LogP contribution in [0.2, 0.25) is 0 Å². The highest BCUT2D eigenvalue weighted by Crippen LogP contribution is 2.19. The fraction of sp³-hybridized carbons (Fsp3) is 0.955. The molecule has 0 radical (unpaired) electrons. The Kier molecular flexibility index (Phi) is 60.6. The van der Waals surface area contributed by atoms with Gasteiger partial charge in [0.05, 0.1) is 0 Å². The maximum Gasteiger partial charge on any atom is 0.306 e. The quantitative estimate of drug-likeness (QED) is 0.0343. The third kappa shape index (κ3) is 59.3. The fourth-order valence-electron chi connectivity index (χ4n) is 10.4. The van der Waals surface area contributed by atoms with Gasteiger partial charge in [-0.15, -0.1) is 0 Å². The predicted molar refractivity (Wildman–Crippen MR) is 312 cm³/mol. The molecule has 0 fully saturated rings. The Morgan fingerprint density at radius 3 is 0.556 bits per heavy atom. The number of carbonyl (C=O) groups excluding carboxylic acids is 3. The van der Waals surface area contributed by atoms with Gasteiger partial charge in [-0.05, 0) is 19.3 Å². The summed E-state index contributed by atoms with van der Waals surface area (Å²) >= 11 is 0. The van der Waals surface area contributed by atoms with Crippen LogP contribution in [0.1, 0.15) is 387 Å². The van der Waals surface area contributed by atoms with Crippen LogP contribution < -0.4 is 0 Å². The maximum absolute atomic E-state index is 12.8. The average molecular weight is 1020 g/mol. The molecular weight excluding hydrogens is 889 g/mol. The second kappa shape index (κ2) is 62.0. The van der Waals surface area contributed by atoms with Crippen LogP contribution in [-0.2, 0) is 28.6 Å². The summed E-state index contributed by atoms with van der Waals surface area (Å²) in [6.45, 7) is 6.67. The van der Waals surface area contributed by atoms with Crippen LogP contribution in [0.15, 0.2) is 0 Å². The van der Waals surface area contributed by atoms with Crippen molar-refractivity contribution in [1.29, 1.82) is 0 Å². The van der Waals surface area contributed by atoms with Gasteiger partial charge in [0, 0.05) is 19.3 Å².